The van der Waals surface area contributed by atoms with Crippen LogP contribution in [0.5, 0.6) is 0 Å². The first-order valence-electron chi connectivity index (χ1n) is 6.51. The Hall–Kier alpha value is -2.82. The molecule has 2 amide bonds. The second kappa shape index (κ2) is 5.28. The molecule has 0 unspecified atom stereocenters. The Labute approximate surface area is 121 Å². The zero-order valence-corrected chi connectivity index (χ0v) is 11.2. The Balaban J connectivity index is 1.66. The van der Waals surface area contributed by atoms with Crippen molar-refractivity contribution in [2.45, 2.75) is 6.42 Å². The first-order valence-corrected chi connectivity index (χ1v) is 6.51. The number of benzene rings is 2. The van der Waals surface area contributed by atoms with Crippen LogP contribution >= 0.6 is 0 Å². The molecule has 0 fully saturated rings. The fraction of sp³-hybridized carbons (Fsp3) is 0.0625. The highest BCUT2D eigenvalue weighted by Crippen LogP contribution is 2.29. The van der Waals surface area contributed by atoms with Gasteiger partial charge in [-0.25, -0.2) is 9.18 Å². The SMILES string of the molecule is C=C1Cc2cc(NC(=O)Nc3ccc(F)cc3)ccc2N1. The summed E-state index contributed by atoms with van der Waals surface area (Å²) in [7, 11) is 0. The van der Waals surface area contributed by atoms with Crippen LogP contribution in [0.1, 0.15) is 5.56 Å². The van der Waals surface area contributed by atoms with Crippen LogP contribution in [0.4, 0.5) is 26.2 Å². The molecule has 0 aliphatic carbocycles. The zero-order valence-electron chi connectivity index (χ0n) is 11.2. The lowest BCUT2D eigenvalue weighted by atomic mass is 10.1. The fourth-order valence-corrected chi connectivity index (χ4v) is 2.23. The number of fused-ring (bicyclic) bond motifs is 1. The molecule has 106 valence electrons. The molecule has 0 bridgehead atoms. The number of anilines is 3. The predicted molar refractivity (Wildman–Crippen MR) is 82.0 cm³/mol. The lowest BCUT2D eigenvalue weighted by Gasteiger charge is -2.09. The summed E-state index contributed by atoms with van der Waals surface area (Å²) >= 11 is 0. The zero-order chi connectivity index (χ0) is 14.8. The summed E-state index contributed by atoms with van der Waals surface area (Å²) in [6, 6.07) is 10.9. The fourth-order valence-electron chi connectivity index (χ4n) is 2.23. The summed E-state index contributed by atoms with van der Waals surface area (Å²) in [6.07, 6.45) is 0.754. The van der Waals surface area contributed by atoms with Crippen LogP contribution in [0.15, 0.2) is 54.7 Å². The van der Waals surface area contributed by atoms with Gasteiger partial charge in [-0.05, 0) is 48.0 Å². The average molecular weight is 283 g/mol. The van der Waals surface area contributed by atoms with Gasteiger partial charge in [0.05, 0.1) is 0 Å². The number of rotatable bonds is 2. The van der Waals surface area contributed by atoms with Crippen LogP contribution in [0, 0.1) is 5.82 Å². The quantitative estimate of drug-likeness (QED) is 0.781. The van der Waals surface area contributed by atoms with E-state index in [4.69, 9.17) is 0 Å². The third-order valence-corrected chi connectivity index (χ3v) is 3.18. The number of urea groups is 1. The second-order valence-corrected chi connectivity index (χ2v) is 4.86. The highest BCUT2D eigenvalue weighted by molar-refractivity contribution is 6.00. The van der Waals surface area contributed by atoms with Gasteiger partial charge in [0.15, 0.2) is 0 Å². The highest BCUT2D eigenvalue weighted by Gasteiger charge is 2.14. The van der Waals surface area contributed by atoms with Gasteiger partial charge >= 0.3 is 6.03 Å². The summed E-state index contributed by atoms with van der Waals surface area (Å²) in [4.78, 5) is 11.9. The number of hydrogen-bond acceptors (Lipinski definition) is 2. The average Bonchev–Trinajstić information content (AvgIpc) is 2.80. The molecule has 0 atom stereocenters. The molecule has 5 heteroatoms. The number of allylic oxidation sites excluding steroid dienone is 1. The summed E-state index contributed by atoms with van der Waals surface area (Å²) in [5.74, 6) is -0.340. The maximum atomic E-state index is 12.8. The minimum atomic E-state index is -0.369. The van der Waals surface area contributed by atoms with Crippen molar-refractivity contribution in [2.24, 2.45) is 0 Å². The Morgan fingerprint density at radius 3 is 2.52 bits per heavy atom. The maximum Gasteiger partial charge on any atom is 0.323 e. The molecule has 0 radical (unpaired) electrons. The van der Waals surface area contributed by atoms with E-state index in [1.54, 1.807) is 0 Å². The van der Waals surface area contributed by atoms with Crippen molar-refractivity contribution >= 4 is 23.1 Å². The largest absolute Gasteiger partial charge is 0.359 e. The third-order valence-electron chi connectivity index (χ3n) is 3.18. The van der Waals surface area contributed by atoms with Crippen LogP contribution in [0.25, 0.3) is 0 Å². The van der Waals surface area contributed by atoms with E-state index < -0.39 is 0 Å². The first kappa shape index (κ1) is 13.2. The van der Waals surface area contributed by atoms with Crippen molar-refractivity contribution < 1.29 is 9.18 Å². The van der Waals surface area contributed by atoms with E-state index in [2.05, 4.69) is 22.5 Å². The van der Waals surface area contributed by atoms with Crippen molar-refractivity contribution in [1.29, 1.82) is 0 Å². The van der Waals surface area contributed by atoms with Crippen LogP contribution in [-0.4, -0.2) is 6.03 Å². The number of hydrogen-bond donors (Lipinski definition) is 3. The summed E-state index contributed by atoms with van der Waals surface area (Å²) in [6.45, 7) is 3.88. The van der Waals surface area contributed by atoms with Crippen molar-refractivity contribution in [1.82, 2.24) is 0 Å². The van der Waals surface area contributed by atoms with Crippen molar-refractivity contribution in [3.8, 4) is 0 Å². The van der Waals surface area contributed by atoms with Gasteiger partial charge in [-0.3, -0.25) is 0 Å². The lowest BCUT2D eigenvalue weighted by molar-refractivity contribution is 0.262. The summed E-state index contributed by atoms with van der Waals surface area (Å²) in [5.41, 5.74) is 4.29. The minimum absolute atomic E-state index is 0.340. The van der Waals surface area contributed by atoms with E-state index in [1.807, 2.05) is 18.2 Å². The lowest BCUT2D eigenvalue weighted by Crippen LogP contribution is -2.19. The minimum Gasteiger partial charge on any atom is -0.359 e. The van der Waals surface area contributed by atoms with E-state index in [9.17, 15) is 9.18 Å². The predicted octanol–water partition coefficient (Wildman–Crippen LogP) is 3.95. The van der Waals surface area contributed by atoms with Crippen LogP contribution in [-0.2, 0) is 6.42 Å². The van der Waals surface area contributed by atoms with E-state index in [0.717, 1.165) is 23.4 Å². The van der Waals surface area contributed by atoms with E-state index in [1.165, 1.54) is 24.3 Å². The van der Waals surface area contributed by atoms with Gasteiger partial charge in [0.2, 0.25) is 0 Å². The van der Waals surface area contributed by atoms with Crippen LogP contribution in [0.2, 0.25) is 0 Å². The van der Waals surface area contributed by atoms with Gasteiger partial charge in [0, 0.05) is 29.2 Å². The Kier molecular flexibility index (Phi) is 3.31. The van der Waals surface area contributed by atoms with Gasteiger partial charge in [-0.1, -0.05) is 6.58 Å². The molecule has 1 heterocycles. The van der Waals surface area contributed by atoms with Crippen molar-refractivity contribution in [2.75, 3.05) is 16.0 Å². The van der Waals surface area contributed by atoms with E-state index in [0.29, 0.717) is 11.4 Å². The number of carbonyl (C=O) groups is 1. The van der Waals surface area contributed by atoms with Gasteiger partial charge in [-0.15, -0.1) is 0 Å². The number of nitrogens with one attached hydrogen (secondary N) is 3. The molecule has 0 spiro atoms. The maximum absolute atomic E-state index is 12.8. The summed E-state index contributed by atoms with van der Waals surface area (Å²) in [5, 5.41) is 8.56. The molecule has 4 nitrogen and oxygen atoms in total. The van der Waals surface area contributed by atoms with E-state index in [-0.39, 0.29) is 11.8 Å². The first-order chi connectivity index (χ1) is 10.1. The van der Waals surface area contributed by atoms with Crippen molar-refractivity contribution in [3.63, 3.8) is 0 Å². The van der Waals surface area contributed by atoms with Crippen molar-refractivity contribution in [3.05, 3.63) is 66.1 Å². The number of halogens is 1. The van der Waals surface area contributed by atoms with Gasteiger partial charge < -0.3 is 16.0 Å². The number of amides is 2. The van der Waals surface area contributed by atoms with Crippen LogP contribution in [0.3, 0.4) is 0 Å². The molecule has 2 aromatic rings. The third kappa shape index (κ3) is 3.02. The molecule has 21 heavy (non-hydrogen) atoms. The smallest absolute Gasteiger partial charge is 0.323 e. The second-order valence-electron chi connectivity index (χ2n) is 4.86. The molecule has 0 saturated carbocycles. The monoisotopic (exact) mass is 283 g/mol. The van der Waals surface area contributed by atoms with Gasteiger partial charge in [0.1, 0.15) is 5.82 Å². The molecule has 1 aliphatic heterocycles. The molecule has 3 rings (SSSR count). The van der Waals surface area contributed by atoms with Gasteiger partial charge in [-0.2, -0.15) is 0 Å². The standard InChI is InChI=1S/C16H14FN3O/c1-10-8-11-9-14(6-7-15(11)18-10)20-16(21)19-13-4-2-12(17)3-5-13/h2-7,9,18H,1,8H2,(H2,19,20,21). The molecular formula is C16H14FN3O. The molecule has 0 saturated heterocycles. The Morgan fingerprint density at radius 1 is 1.10 bits per heavy atom. The number of carbonyl (C=O) groups excluding carboxylic acids is 1. The van der Waals surface area contributed by atoms with Crippen LogP contribution < -0.4 is 16.0 Å². The Bertz CT molecular complexity index is 710. The van der Waals surface area contributed by atoms with E-state index >= 15 is 0 Å². The molecule has 2 aromatic carbocycles. The topological polar surface area (TPSA) is 53.2 Å². The summed E-state index contributed by atoms with van der Waals surface area (Å²) < 4.78 is 12.8. The molecule has 1 aliphatic rings. The highest BCUT2D eigenvalue weighted by atomic mass is 19.1. The van der Waals surface area contributed by atoms with Gasteiger partial charge in [0.25, 0.3) is 0 Å². The molecule has 0 aromatic heterocycles. The normalized spacial score (nSPS) is 12.5. The molecular weight excluding hydrogens is 269 g/mol. The molecule has 3 N–H and O–H groups in total. The Morgan fingerprint density at radius 2 is 1.76 bits per heavy atom.